The van der Waals surface area contributed by atoms with Crippen molar-refractivity contribution in [2.24, 2.45) is 5.92 Å². The molecule has 0 amide bonds. The van der Waals surface area contributed by atoms with E-state index in [0.29, 0.717) is 18.0 Å². The second kappa shape index (κ2) is 10.1. The van der Waals surface area contributed by atoms with Gasteiger partial charge < -0.3 is 19.7 Å². The Hall–Kier alpha value is -1.31. The number of sulfone groups is 1. The lowest BCUT2D eigenvalue weighted by Crippen LogP contribution is -2.35. The molecule has 1 aromatic rings. The average Bonchev–Trinajstić information content (AvgIpc) is 2.65. The first kappa shape index (κ1) is 21.0. The lowest BCUT2D eigenvalue weighted by atomic mass is 9.99. The molecule has 6 nitrogen and oxygen atoms in total. The third-order valence-corrected chi connectivity index (χ3v) is 6.68. The number of rotatable bonds is 10. The van der Waals surface area contributed by atoms with E-state index in [4.69, 9.17) is 9.47 Å². The fourth-order valence-corrected chi connectivity index (χ4v) is 4.38. The smallest absolute Gasteiger partial charge is 0.179 e. The summed E-state index contributed by atoms with van der Waals surface area (Å²) >= 11 is 0. The van der Waals surface area contributed by atoms with E-state index >= 15 is 0 Å². The normalized spacial score (nSPS) is 16.6. The molecule has 0 aromatic heterocycles. The molecule has 1 aliphatic heterocycles. The SMILES string of the molecule is COc1ccc(S(=O)(=O)CCNCCCN2CCC(C)CC2)cc1OC. The van der Waals surface area contributed by atoms with Crippen molar-refractivity contribution in [2.45, 2.75) is 31.1 Å². The highest BCUT2D eigenvalue weighted by atomic mass is 32.2. The summed E-state index contributed by atoms with van der Waals surface area (Å²) in [6.07, 6.45) is 3.62. The van der Waals surface area contributed by atoms with E-state index in [1.54, 1.807) is 12.1 Å². The van der Waals surface area contributed by atoms with Crippen LogP contribution in [0.25, 0.3) is 0 Å². The van der Waals surface area contributed by atoms with Crippen LogP contribution < -0.4 is 14.8 Å². The minimum absolute atomic E-state index is 0.0731. The number of hydrogen-bond acceptors (Lipinski definition) is 6. The number of ether oxygens (including phenoxy) is 2. The Bertz CT molecular complexity index is 656. The molecule has 2 rings (SSSR count). The quantitative estimate of drug-likeness (QED) is 0.624. The van der Waals surface area contributed by atoms with Crippen molar-refractivity contribution in [3.05, 3.63) is 18.2 Å². The predicted molar refractivity (Wildman–Crippen MR) is 104 cm³/mol. The molecule has 7 heteroatoms. The van der Waals surface area contributed by atoms with E-state index in [1.165, 1.54) is 46.2 Å². The maximum absolute atomic E-state index is 12.5. The van der Waals surface area contributed by atoms with Gasteiger partial charge in [0, 0.05) is 12.6 Å². The molecule has 0 unspecified atom stereocenters. The predicted octanol–water partition coefficient (Wildman–Crippen LogP) is 2.19. The van der Waals surface area contributed by atoms with E-state index in [-0.39, 0.29) is 10.6 Å². The summed E-state index contributed by atoms with van der Waals surface area (Å²) in [5.74, 6) is 1.88. The molecule has 0 bridgehead atoms. The van der Waals surface area contributed by atoms with Crippen LogP contribution in [0.2, 0.25) is 0 Å². The van der Waals surface area contributed by atoms with Crippen LogP contribution in [-0.2, 0) is 9.84 Å². The van der Waals surface area contributed by atoms with Gasteiger partial charge in [0.25, 0.3) is 0 Å². The van der Waals surface area contributed by atoms with Gasteiger partial charge in [-0.2, -0.15) is 0 Å². The van der Waals surface area contributed by atoms with Crippen LogP contribution in [0.5, 0.6) is 11.5 Å². The van der Waals surface area contributed by atoms with Gasteiger partial charge in [-0.15, -0.1) is 0 Å². The Balaban J connectivity index is 1.71. The maximum Gasteiger partial charge on any atom is 0.179 e. The minimum atomic E-state index is -3.34. The summed E-state index contributed by atoms with van der Waals surface area (Å²) in [4.78, 5) is 2.77. The van der Waals surface area contributed by atoms with Crippen molar-refractivity contribution in [1.82, 2.24) is 10.2 Å². The number of nitrogens with one attached hydrogen (secondary N) is 1. The summed E-state index contributed by atoms with van der Waals surface area (Å²) in [5, 5.41) is 3.25. The van der Waals surface area contributed by atoms with E-state index in [9.17, 15) is 8.42 Å². The second-order valence-corrected chi connectivity index (χ2v) is 9.07. The van der Waals surface area contributed by atoms with Gasteiger partial charge in [0.15, 0.2) is 21.3 Å². The van der Waals surface area contributed by atoms with Gasteiger partial charge in [-0.3, -0.25) is 0 Å². The number of methoxy groups -OCH3 is 2. The van der Waals surface area contributed by atoms with Gasteiger partial charge in [-0.25, -0.2) is 8.42 Å². The Labute approximate surface area is 157 Å². The van der Waals surface area contributed by atoms with Crippen LogP contribution in [-0.4, -0.2) is 66.0 Å². The van der Waals surface area contributed by atoms with Crippen LogP contribution in [0.1, 0.15) is 26.2 Å². The molecule has 0 radical (unpaired) electrons. The van der Waals surface area contributed by atoms with Crippen LogP contribution in [0.3, 0.4) is 0 Å². The third kappa shape index (κ3) is 6.14. The summed E-state index contributed by atoms with van der Waals surface area (Å²) in [7, 11) is -0.313. The van der Waals surface area contributed by atoms with Crippen molar-refractivity contribution >= 4 is 9.84 Å². The Morgan fingerprint density at radius 2 is 1.81 bits per heavy atom. The fraction of sp³-hybridized carbons (Fsp3) is 0.684. The number of piperidine rings is 1. The Morgan fingerprint density at radius 1 is 1.12 bits per heavy atom. The van der Waals surface area contributed by atoms with Crippen molar-refractivity contribution in [2.75, 3.05) is 52.7 Å². The van der Waals surface area contributed by atoms with Crippen LogP contribution >= 0.6 is 0 Å². The van der Waals surface area contributed by atoms with E-state index in [0.717, 1.165) is 25.4 Å². The molecular weight excluding hydrogens is 352 g/mol. The lowest BCUT2D eigenvalue weighted by Gasteiger charge is -2.30. The van der Waals surface area contributed by atoms with E-state index < -0.39 is 9.84 Å². The van der Waals surface area contributed by atoms with Gasteiger partial charge in [0.05, 0.1) is 24.9 Å². The van der Waals surface area contributed by atoms with Gasteiger partial charge in [-0.1, -0.05) is 6.92 Å². The minimum Gasteiger partial charge on any atom is -0.493 e. The molecule has 1 N–H and O–H groups in total. The molecule has 0 aliphatic carbocycles. The first-order valence-corrected chi connectivity index (χ1v) is 11.0. The number of hydrogen-bond donors (Lipinski definition) is 1. The highest BCUT2D eigenvalue weighted by Crippen LogP contribution is 2.29. The summed E-state index contributed by atoms with van der Waals surface area (Å²) in [6.45, 7) is 7.07. The van der Waals surface area contributed by atoms with E-state index in [2.05, 4.69) is 17.1 Å². The number of nitrogens with zero attached hydrogens (tertiary/aromatic N) is 1. The zero-order valence-electron chi connectivity index (χ0n) is 16.2. The average molecular weight is 385 g/mol. The number of benzene rings is 1. The van der Waals surface area contributed by atoms with Gasteiger partial charge >= 0.3 is 0 Å². The monoisotopic (exact) mass is 384 g/mol. The maximum atomic E-state index is 12.5. The first-order valence-electron chi connectivity index (χ1n) is 9.34. The molecule has 0 spiro atoms. The zero-order valence-corrected chi connectivity index (χ0v) is 17.0. The Kier molecular flexibility index (Phi) is 8.18. The zero-order chi connectivity index (χ0) is 19.0. The van der Waals surface area contributed by atoms with E-state index in [1.807, 2.05) is 0 Å². The summed E-state index contributed by atoms with van der Waals surface area (Å²) in [5.41, 5.74) is 0. The van der Waals surface area contributed by atoms with Gasteiger partial charge in [-0.05, 0) is 63.5 Å². The molecule has 26 heavy (non-hydrogen) atoms. The van der Waals surface area contributed by atoms with Crippen molar-refractivity contribution in [3.63, 3.8) is 0 Å². The molecule has 1 heterocycles. The largest absolute Gasteiger partial charge is 0.493 e. The van der Waals surface area contributed by atoms with Crippen LogP contribution in [0, 0.1) is 5.92 Å². The Morgan fingerprint density at radius 3 is 2.46 bits per heavy atom. The van der Waals surface area contributed by atoms with Gasteiger partial charge in [0.2, 0.25) is 0 Å². The highest BCUT2D eigenvalue weighted by Gasteiger charge is 2.17. The first-order chi connectivity index (χ1) is 12.5. The molecule has 1 saturated heterocycles. The molecule has 0 saturated carbocycles. The molecule has 0 atom stereocenters. The van der Waals surface area contributed by atoms with Gasteiger partial charge in [0.1, 0.15) is 0 Å². The van der Waals surface area contributed by atoms with Crippen LogP contribution in [0.4, 0.5) is 0 Å². The highest BCUT2D eigenvalue weighted by molar-refractivity contribution is 7.91. The molecule has 1 aromatic carbocycles. The fourth-order valence-electron chi connectivity index (χ4n) is 3.17. The summed E-state index contributed by atoms with van der Waals surface area (Å²) < 4.78 is 35.3. The molecule has 148 valence electrons. The molecule has 1 aliphatic rings. The number of likely N-dealkylation sites (tertiary alicyclic amines) is 1. The van der Waals surface area contributed by atoms with Crippen molar-refractivity contribution in [3.8, 4) is 11.5 Å². The summed E-state index contributed by atoms with van der Waals surface area (Å²) in [6, 6.07) is 4.71. The molecular formula is C19H32N2O4S. The standard InChI is InChI=1S/C19H32N2O4S/c1-16-7-12-21(13-8-16)11-4-9-20-10-14-26(22,23)17-5-6-18(24-2)19(15-17)25-3/h5-6,15-16,20H,4,7-14H2,1-3H3. The lowest BCUT2D eigenvalue weighted by molar-refractivity contribution is 0.190. The van der Waals surface area contributed by atoms with Crippen molar-refractivity contribution in [1.29, 1.82) is 0 Å². The van der Waals surface area contributed by atoms with Crippen molar-refractivity contribution < 1.29 is 17.9 Å². The molecule has 1 fully saturated rings. The topological polar surface area (TPSA) is 67.9 Å². The van der Waals surface area contributed by atoms with Crippen LogP contribution in [0.15, 0.2) is 23.1 Å². The third-order valence-electron chi connectivity index (χ3n) is 4.97. The second-order valence-electron chi connectivity index (χ2n) is 6.96.